The number of benzene rings is 2. The second-order valence-corrected chi connectivity index (χ2v) is 8.56. The fourth-order valence-electron chi connectivity index (χ4n) is 2.90. The van der Waals surface area contributed by atoms with Gasteiger partial charge in [-0.1, -0.05) is 35.9 Å². The van der Waals surface area contributed by atoms with E-state index in [2.05, 4.69) is 6.07 Å². The molecule has 0 aliphatic carbocycles. The number of carbonyl (C=O) groups excluding carboxylic acids is 1. The number of anilines is 1. The van der Waals surface area contributed by atoms with Crippen LogP contribution in [0.2, 0.25) is 5.02 Å². The van der Waals surface area contributed by atoms with Gasteiger partial charge in [-0.25, -0.2) is 8.42 Å². The third-order valence-corrected chi connectivity index (χ3v) is 5.99. The van der Waals surface area contributed by atoms with Gasteiger partial charge < -0.3 is 4.90 Å². The Bertz CT molecular complexity index is 928. The van der Waals surface area contributed by atoms with Crippen LogP contribution < -0.4 is 4.31 Å². The largest absolute Gasteiger partial charge is 0.334 e. The minimum Gasteiger partial charge on any atom is -0.334 e. The summed E-state index contributed by atoms with van der Waals surface area (Å²) in [5.41, 5.74) is 3.10. The van der Waals surface area contributed by atoms with E-state index in [4.69, 9.17) is 11.6 Å². The van der Waals surface area contributed by atoms with Crippen LogP contribution in [0.15, 0.2) is 42.5 Å². The molecule has 0 unspecified atom stereocenters. The standard InChI is InChI=1S/C18H19ClN2O3S/c1-20(25(2,23)24)15-7-8-17(19)16(11-15)18(22)21-10-9-13-5-3-4-6-14(13)12-21/h3-8,11H,9-10,12H2,1-2H3. The maximum atomic E-state index is 12.9. The van der Waals surface area contributed by atoms with Gasteiger partial charge in [0.15, 0.2) is 0 Å². The summed E-state index contributed by atoms with van der Waals surface area (Å²) in [7, 11) is -1.96. The molecule has 0 N–H and O–H groups in total. The van der Waals surface area contributed by atoms with Crippen LogP contribution in [-0.2, 0) is 23.0 Å². The summed E-state index contributed by atoms with van der Waals surface area (Å²) in [5, 5.41) is 0.314. The van der Waals surface area contributed by atoms with Crippen LogP contribution in [0, 0.1) is 0 Å². The molecule has 0 atom stereocenters. The molecule has 0 radical (unpaired) electrons. The molecule has 0 spiro atoms. The van der Waals surface area contributed by atoms with Crippen molar-refractivity contribution in [2.75, 3.05) is 24.2 Å². The SMILES string of the molecule is CN(c1ccc(Cl)c(C(=O)N2CCc3ccccc3C2)c1)S(C)(=O)=O. The van der Waals surface area contributed by atoms with Gasteiger partial charge in [0.05, 0.1) is 22.5 Å². The van der Waals surface area contributed by atoms with Gasteiger partial charge in [0.1, 0.15) is 0 Å². The Kier molecular flexibility index (Phi) is 4.75. The molecule has 7 heteroatoms. The van der Waals surface area contributed by atoms with Crippen LogP contribution in [-0.4, -0.2) is 39.1 Å². The van der Waals surface area contributed by atoms with Gasteiger partial charge in [-0.15, -0.1) is 0 Å². The molecule has 0 saturated carbocycles. The van der Waals surface area contributed by atoms with Gasteiger partial charge in [0.2, 0.25) is 10.0 Å². The third kappa shape index (κ3) is 3.65. The summed E-state index contributed by atoms with van der Waals surface area (Å²) in [5.74, 6) is -0.191. The number of fused-ring (bicyclic) bond motifs is 1. The number of hydrogen-bond acceptors (Lipinski definition) is 3. The number of sulfonamides is 1. The second-order valence-electron chi connectivity index (χ2n) is 6.14. The first-order valence-electron chi connectivity index (χ1n) is 7.87. The van der Waals surface area contributed by atoms with Gasteiger partial charge in [-0.05, 0) is 35.7 Å². The highest BCUT2D eigenvalue weighted by Gasteiger charge is 2.24. The number of hydrogen-bond donors (Lipinski definition) is 0. The van der Waals surface area contributed by atoms with Crippen molar-refractivity contribution in [1.29, 1.82) is 0 Å². The number of rotatable bonds is 3. The van der Waals surface area contributed by atoms with E-state index < -0.39 is 10.0 Å². The Morgan fingerprint density at radius 1 is 1.16 bits per heavy atom. The number of nitrogens with zero attached hydrogens (tertiary/aromatic N) is 2. The molecule has 1 amide bonds. The fourth-order valence-corrected chi connectivity index (χ4v) is 3.60. The van der Waals surface area contributed by atoms with E-state index >= 15 is 0 Å². The van der Waals surface area contributed by atoms with Crippen LogP contribution in [0.1, 0.15) is 21.5 Å². The quantitative estimate of drug-likeness (QED) is 0.825. The average molecular weight is 379 g/mol. The van der Waals surface area contributed by atoms with Gasteiger partial charge in [-0.3, -0.25) is 9.10 Å². The molecular weight excluding hydrogens is 360 g/mol. The minimum absolute atomic E-state index is 0.191. The summed E-state index contributed by atoms with van der Waals surface area (Å²) in [6, 6.07) is 12.7. The number of amides is 1. The highest BCUT2D eigenvalue weighted by atomic mass is 35.5. The van der Waals surface area contributed by atoms with E-state index in [1.54, 1.807) is 17.0 Å². The molecule has 0 saturated heterocycles. The molecule has 3 rings (SSSR count). The van der Waals surface area contributed by atoms with Gasteiger partial charge >= 0.3 is 0 Å². The molecule has 2 aromatic rings. The lowest BCUT2D eigenvalue weighted by Crippen LogP contribution is -2.36. The maximum absolute atomic E-state index is 12.9. The Hall–Kier alpha value is -2.05. The van der Waals surface area contributed by atoms with E-state index in [0.717, 1.165) is 22.5 Å². The zero-order valence-corrected chi connectivity index (χ0v) is 15.6. The van der Waals surface area contributed by atoms with Crippen LogP contribution in [0.25, 0.3) is 0 Å². The summed E-state index contributed by atoms with van der Waals surface area (Å²) in [6.45, 7) is 1.13. The smallest absolute Gasteiger partial charge is 0.255 e. The first-order chi connectivity index (χ1) is 11.8. The van der Waals surface area contributed by atoms with Gasteiger partial charge in [0, 0.05) is 20.1 Å². The van der Waals surface area contributed by atoms with Gasteiger partial charge in [0.25, 0.3) is 5.91 Å². The second kappa shape index (κ2) is 6.69. The third-order valence-electron chi connectivity index (χ3n) is 4.46. The molecule has 25 heavy (non-hydrogen) atoms. The van der Waals surface area contributed by atoms with Crippen LogP contribution >= 0.6 is 11.6 Å². The molecule has 1 heterocycles. The van der Waals surface area contributed by atoms with Crippen molar-refractivity contribution in [1.82, 2.24) is 4.90 Å². The van der Waals surface area contributed by atoms with Crippen molar-refractivity contribution in [2.24, 2.45) is 0 Å². The normalized spacial score (nSPS) is 14.1. The van der Waals surface area contributed by atoms with E-state index in [-0.39, 0.29) is 5.91 Å². The Labute approximate surface area is 152 Å². The highest BCUT2D eigenvalue weighted by Crippen LogP contribution is 2.27. The summed E-state index contributed by atoms with van der Waals surface area (Å²) >= 11 is 6.21. The fraction of sp³-hybridized carbons (Fsp3) is 0.278. The summed E-state index contributed by atoms with van der Waals surface area (Å²) in [6.07, 6.45) is 1.91. The van der Waals surface area contributed by atoms with Crippen molar-refractivity contribution >= 4 is 33.2 Å². The van der Waals surface area contributed by atoms with Crippen LogP contribution in [0.4, 0.5) is 5.69 Å². The molecule has 1 aliphatic heterocycles. The monoisotopic (exact) mass is 378 g/mol. The first kappa shape index (κ1) is 17.8. The molecular formula is C18H19ClN2O3S. The van der Waals surface area contributed by atoms with E-state index in [1.807, 2.05) is 18.2 Å². The predicted molar refractivity (Wildman–Crippen MR) is 99.6 cm³/mol. The minimum atomic E-state index is -3.41. The maximum Gasteiger partial charge on any atom is 0.255 e. The highest BCUT2D eigenvalue weighted by molar-refractivity contribution is 7.92. The lowest BCUT2D eigenvalue weighted by molar-refractivity contribution is 0.0735. The van der Waals surface area contributed by atoms with Crippen LogP contribution in [0.5, 0.6) is 0 Å². The van der Waals surface area contributed by atoms with Crippen molar-refractivity contribution in [2.45, 2.75) is 13.0 Å². The summed E-state index contributed by atoms with van der Waals surface area (Å²) in [4.78, 5) is 14.7. The zero-order chi connectivity index (χ0) is 18.2. The molecule has 132 valence electrons. The van der Waals surface area contributed by atoms with E-state index in [1.165, 1.54) is 18.7 Å². The van der Waals surface area contributed by atoms with Crippen molar-refractivity contribution < 1.29 is 13.2 Å². The van der Waals surface area contributed by atoms with Crippen LogP contribution in [0.3, 0.4) is 0 Å². The van der Waals surface area contributed by atoms with Crippen molar-refractivity contribution in [3.05, 3.63) is 64.2 Å². The predicted octanol–water partition coefficient (Wildman–Crippen LogP) is 2.93. The molecule has 1 aliphatic rings. The molecule has 2 aromatic carbocycles. The molecule has 5 nitrogen and oxygen atoms in total. The topological polar surface area (TPSA) is 57.7 Å². The van der Waals surface area contributed by atoms with Crippen molar-refractivity contribution in [3.63, 3.8) is 0 Å². The number of halogens is 1. The van der Waals surface area contributed by atoms with Crippen molar-refractivity contribution in [3.8, 4) is 0 Å². The lowest BCUT2D eigenvalue weighted by Gasteiger charge is -2.29. The Morgan fingerprint density at radius 3 is 2.52 bits per heavy atom. The van der Waals surface area contributed by atoms with E-state index in [0.29, 0.717) is 29.4 Å². The average Bonchev–Trinajstić information content (AvgIpc) is 2.59. The Morgan fingerprint density at radius 2 is 1.84 bits per heavy atom. The zero-order valence-electron chi connectivity index (χ0n) is 14.1. The molecule has 0 aromatic heterocycles. The van der Waals surface area contributed by atoms with E-state index in [9.17, 15) is 13.2 Å². The molecule has 0 bridgehead atoms. The molecule has 0 fully saturated rings. The first-order valence-corrected chi connectivity index (χ1v) is 10.1. The van der Waals surface area contributed by atoms with Gasteiger partial charge in [-0.2, -0.15) is 0 Å². The number of carbonyl (C=O) groups is 1. The Balaban J connectivity index is 1.90. The lowest BCUT2D eigenvalue weighted by atomic mass is 9.99. The summed E-state index contributed by atoms with van der Waals surface area (Å²) < 4.78 is 24.6.